The van der Waals surface area contributed by atoms with E-state index >= 15 is 0 Å². The van der Waals surface area contributed by atoms with Crippen LogP contribution >= 0.6 is 38.9 Å². The van der Waals surface area contributed by atoms with Crippen molar-refractivity contribution in [2.24, 2.45) is 0 Å². The van der Waals surface area contributed by atoms with Crippen LogP contribution in [0.5, 0.6) is 0 Å². The van der Waals surface area contributed by atoms with Crippen molar-refractivity contribution in [3.63, 3.8) is 0 Å². The molecule has 0 aliphatic carbocycles. The van der Waals surface area contributed by atoms with Crippen molar-refractivity contribution >= 4 is 48.9 Å². The normalized spacial score (nSPS) is 11.8. The molecular weight excluding hydrogens is 398 g/mol. The lowest BCUT2D eigenvalue weighted by Gasteiger charge is -2.09. The zero-order valence-electron chi connectivity index (χ0n) is 10.8. The van der Waals surface area contributed by atoms with Gasteiger partial charge in [0.2, 0.25) is 10.0 Å². The van der Waals surface area contributed by atoms with E-state index in [1.54, 1.807) is 18.2 Å². The second-order valence-corrected chi connectivity index (χ2v) is 8.67. The summed E-state index contributed by atoms with van der Waals surface area (Å²) in [6, 6.07) is 8.32. The fraction of sp³-hybridized carbons (Fsp3) is 0.231. The van der Waals surface area contributed by atoms with Crippen molar-refractivity contribution in [1.82, 2.24) is 4.72 Å². The van der Waals surface area contributed by atoms with Crippen molar-refractivity contribution in [2.75, 3.05) is 6.54 Å². The van der Waals surface area contributed by atoms with Crippen molar-refractivity contribution < 1.29 is 13.5 Å². The predicted molar refractivity (Wildman–Crippen MR) is 88.3 cm³/mol. The van der Waals surface area contributed by atoms with E-state index in [2.05, 4.69) is 20.7 Å². The maximum atomic E-state index is 12.2. The molecule has 2 N–H and O–H groups in total. The fourth-order valence-electron chi connectivity index (χ4n) is 1.73. The summed E-state index contributed by atoms with van der Waals surface area (Å²) in [5.74, 6) is 0. The van der Waals surface area contributed by atoms with Crippen LogP contribution in [0.15, 0.2) is 39.7 Å². The summed E-state index contributed by atoms with van der Waals surface area (Å²) in [5, 5.41) is 9.03. The molecule has 1 heterocycles. The molecule has 0 atom stereocenters. The highest BCUT2D eigenvalue weighted by atomic mass is 79.9. The molecular formula is C13H13BrClNO3S2. The van der Waals surface area contributed by atoms with Crippen LogP contribution in [0.2, 0.25) is 4.34 Å². The van der Waals surface area contributed by atoms with E-state index in [9.17, 15) is 8.42 Å². The van der Waals surface area contributed by atoms with E-state index in [0.717, 1.165) is 4.88 Å². The second-order valence-electron chi connectivity index (χ2n) is 4.28. The lowest BCUT2D eigenvalue weighted by Crippen LogP contribution is -2.26. The lowest BCUT2D eigenvalue weighted by atomic mass is 10.2. The van der Waals surface area contributed by atoms with Gasteiger partial charge in [0.05, 0.1) is 15.8 Å². The van der Waals surface area contributed by atoms with Gasteiger partial charge >= 0.3 is 0 Å². The summed E-state index contributed by atoms with van der Waals surface area (Å²) in [6.07, 6.45) is 0.586. The van der Waals surface area contributed by atoms with Gasteiger partial charge in [-0.1, -0.05) is 17.7 Å². The molecule has 1 aromatic carbocycles. The third kappa shape index (κ3) is 4.51. The molecule has 0 spiro atoms. The van der Waals surface area contributed by atoms with E-state index in [4.69, 9.17) is 16.7 Å². The summed E-state index contributed by atoms with van der Waals surface area (Å²) in [7, 11) is -3.59. The maximum Gasteiger partial charge on any atom is 0.241 e. The van der Waals surface area contributed by atoms with E-state index in [1.165, 1.54) is 17.4 Å². The Morgan fingerprint density at radius 2 is 2.05 bits per heavy atom. The third-order valence-electron chi connectivity index (χ3n) is 2.76. The number of thiophene rings is 1. The van der Waals surface area contributed by atoms with Gasteiger partial charge in [0.15, 0.2) is 0 Å². The summed E-state index contributed by atoms with van der Waals surface area (Å²) in [4.78, 5) is 1.18. The Hall–Kier alpha value is -0.440. The number of halogens is 2. The zero-order chi connectivity index (χ0) is 15.5. The molecule has 0 fully saturated rings. The highest BCUT2D eigenvalue weighted by Gasteiger charge is 2.17. The van der Waals surface area contributed by atoms with Crippen LogP contribution in [0.4, 0.5) is 0 Å². The first-order valence-corrected chi connectivity index (χ1v) is 9.52. The summed E-state index contributed by atoms with van der Waals surface area (Å²) < 4.78 is 28.1. The number of hydrogen-bond donors (Lipinski definition) is 2. The average Bonchev–Trinajstić information content (AvgIpc) is 2.83. The van der Waals surface area contributed by atoms with Crippen LogP contribution in [0.25, 0.3) is 0 Å². The molecule has 21 heavy (non-hydrogen) atoms. The number of rotatable bonds is 6. The number of sulfonamides is 1. The van der Waals surface area contributed by atoms with Crippen LogP contribution in [0.3, 0.4) is 0 Å². The smallest absolute Gasteiger partial charge is 0.241 e. The molecule has 0 bridgehead atoms. The molecule has 4 nitrogen and oxygen atoms in total. The number of hydrogen-bond acceptors (Lipinski definition) is 4. The largest absolute Gasteiger partial charge is 0.392 e. The Balaban J connectivity index is 2.04. The van der Waals surface area contributed by atoms with Gasteiger partial charge in [-0.05, 0) is 52.2 Å². The van der Waals surface area contributed by atoms with Gasteiger partial charge in [-0.3, -0.25) is 0 Å². The summed E-state index contributed by atoms with van der Waals surface area (Å²) >= 11 is 10.5. The Kier molecular flexibility index (Phi) is 5.81. The van der Waals surface area contributed by atoms with Crippen LogP contribution in [0.1, 0.15) is 10.4 Å². The van der Waals surface area contributed by atoms with Crippen molar-refractivity contribution in [2.45, 2.75) is 17.9 Å². The topological polar surface area (TPSA) is 66.4 Å². The molecule has 0 saturated carbocycles. The summed E-state index contributed by atoms with van der Waals surface area (Å²) in [5.41, 5.74) is 0.647. The standard InChI is InChI=1S/C13H13BrClNO3S2/c14-11-7-9(8-17)1-3-12(11)21(18,19)16-6-5-10-2-4-13(15)20-10/h1-4,7,16-17H,5-6,8H2. The molecule has 2 aromatic rings. The number of nitrogens with one attached hydrogen (secondary N) is 1. The fourth-order valence-corrected chi connectivity index (χ4v) is 4.97. The van der Waals surface area contributed by atoms with Crippen molar-refractivity contribution in [3.05, 3.63) is 49.6 Å². The molecule has 0 amide bonds. The van der Waals surface area contributed by atoms with Crippen LogP contribution in [-0.4, -0.2) is 20.1 Å². The number of aliphatic hydroxyl groups is 1. The van der Waals surface area contributed by atoms with Crippen LogP contribution in [0, 0.1) is 0 Å². The second kappa shape index (κ2) is 7.21. The first kappa shape index (κ1) is 16.9. The Morgan fingerprint density at radius 3 is 2.62 bits per heavy atom. The van der Waals surface area contributed by atoms with E-state index < -0.39 is 10.0 Å². The molecule has 114 valence electrons. The molecule has 0 radical (unpaired) electrons. The average molecular weight is 411 g/mol. The van der Waals surface area contributed by atoms with Crippen molar-refractivity contribution in [3.8, 4) is 0 Å². The first-order valence-electron chi connectivity index (χ1n) is 6.05. The zero-order valence-corrected chi connectivity index (χ0v) is 14.8. The monoisotopic (exact) mass is 409 g/mol. The van der Waals surface area contributed by atoms with Gasteiger partial charge in [0, 0.05) is 15.9 Å². The molecule has 0 aliphatic rings. The van der Waals surface area contributed by atoms with Gasteiger partial charge in [0.25, 0.3) is 0 Å². The van der Waals surface area contributed by atoms with Gasteiger partial charge in [-0.15, -0.1) is 11.3 Å². The molecule has 0 saturated heterocycles. The minimum absolute atomic E-state index is 0.133. The molecule has 2 rings (SSSR count). The number of benzene rings is 1. The van der Waals surface area contributed by atoms with Gasteiger partial charge in [-0.25, -0.2) is 13.1 Å². The minimum atomic E-state index is -3.59. The van der Waals surface area contributed by atoms with Gasteiger partial charge in [0.1, 0.15) is 0 Å². The minimum Gasteiger partial charge on any atom is -0.392 e. The highest BCUT2D eigenvalue weighted by molar-refractivity contribution is 9.10. The Bertz CT molecular complexity index is 731. The van der Waals surface area contributed by atoms with Gasteiger partial charge in [-0.2, -0.15) is 0 Å². The van der Waals surface area contributed by atoms with Crippen LogP contribution in [-0.2, 0) is 23.1 Å². The highest BCUT2D eigenvalue weighted by Crippen LogP contribution is 2.24. The SMILES string of the molecule is O=S(=O)(NCCc1ccc(Cl)s1)c1ccc(CO)cc1Br. The summed E-state index contributed by atoms with van der Waals surface area (Å²) in [6.45, 7) is 0.166. The van der Waals surface area contributed by atoms with E-state index in [0.29, 0.717) is 27.3 Å². The van der Waals surface area contributed by atoms with E-state index in [1.807, 2.05) is 6.07 Å². The molecule has 0 aliphatic heterocycles. The number of aliphatic hydroxyl groups excluding tert-OH is 1. The Morgan fingerprint density at radius 1 is 1.29 bits per heavy atom. The van der Waals surface area contributed by atoms with Crippen molar-refractivity contribution in [1.29, 1.82) is 0 Å². The molecule has 1 aromatic heterocycles. The van der Waals surface area contributed by atoms with Crippen LogP contribution < -0.4 is 4.72 Å². The third-order valence-corrected chi connectivity index (χ3v) is 6.49. The first-order chi connectivity index (χ1) is 9.92. The quantitative estimate of drug-likeness (QED) is 0.768. The van der Waals surface area contributed by atoms with Gasteiger partial charge < -0.3 is 5.11 Å². The predicted octanol–water partition coefficient (Wildman–Crippen LogP) is 3.18. The lowest BCUT2D eigenvalue weighted by molar-refractivity contribution is 0.281. The Labute approximate surface area is 140 Å². The van der Waals surface area contributed by atoms with E-state index in [-0.39, 0.29) is 11.5 Å². The molecule has 8 heteroatoms. The maximum absolute atomic E-state index is 12.2. The molecule has 0 unspecified atom stereocenters.